The Morgan fingerprint density at radius 3 is 3.11 bits per heavy atom. The lowest BCUT2D eigenvalue weighted by molar-refractivity contribution is 0.970. The topological polar surface area (TPSA) is 76.2 Å². The molecule has 0 saturated heterocycles. The van der Waals surface area contributed by atoms with E-state index >= 15 is 0 Å². The minimum Gasteiger partial charge on any atom is -0.370 e. The third-order valence-electron chi connectivity index (χ3n) is 2.87. The number of guanidine groups is 1. The molecule has 3 N–H and O–H groups in total. The molecule has 0 atom stereocenters. The Morgan fingerprint density at radius 1 is 1.47 bits per heavy atom. The molecule has 19 heavy (non-hydrogen) atoms. The van der Waals surface area contributed by atoms with Gasteiger partial charge in [0.05, 0.1) is 12.2 Å². The predicted octanol–water partition coefficient (Wildman–Crippen LogP) is 2.34. The van der Waals surface area contributed by atoms with Gasteiger partial charge in [-0.1, -0.05) is 6.07 Å². The lowest BCUT2D eigenvalue weighted by atomic mass is 10.3. The second-order valence-electron chi connectivity index (χ2n) is 4.48. The van der Waals surface area contributed by atoms with Crippen LogP contribution in [0, 0.1) is 0 Å². The van der Waals surface area contributed by atoms with E-state index in [1.54, 1.807) is 17.5 Å². The van der Waals surface area contributed by atoms with Crippen LogP contribution in [0.3, 0.4) is 0 Å². The van der Waals surface area contributed by atoms with Crippen molar-refractivity contribution in [1.29, 1.82) is 0 Å². The van der Waals surface area contributed by atoms with E-state index in [2.05, 4.69) is 25.7 Å². The van der Waals surface area contributed by atoms with Gasteiger partial charge in [0.25, 0.3) is 0 Å². The first-order valence-electron chi connectivity index (χ1n) is 6.23. The van der Waals surface area contributed by atoms with E-state index in [9.17, 15) is 0 Å². The molecule has 98 valence electrons. The van der Waals surface area contributed by atoms with Crippen molar-refractivity contribution in [3.05, 3.63) is 40.5 Å². The first-order valence-corrected chi connectivity index (χ1v) is 7.11. The van der Waals surface area contributed by atoms with Crippen LogP contribution < -0.4 is 11.1 Å². The molecule has 0 spiro atoms. The van der Waals surface area contributed by atoms with Gasteiger partial charge >= 0.3 is 0 Å². The number of hydrogen-bond donors (Lipinski definition) is 2. The Hall–Kier alpha value is -1.95. The van der Waals surface area contributed by atoms with E-state index in [0.29, 0.717) is 24.2 Å². The zero-order valence-electron chi connectivity index (χ0n) is 10.4. The maximum absolute atomic E-state index is 5.81. The Balaban J connectivity index is 1.58. The molecule has 3 rings (SSSR count). The minimum absolute atomic E-state index is 0.363. The molecule has 1 fully saturated rings. The molecule has 5 nitrogen and oxygen atoms in total. The van der Waals surface area contributed by atoms with Gasteiger partial charge in [0, 0.05) is 17.5 Å². The van der Waals surface area contributed by atoms with Gasteiger partial charge < -0.3 is 11.1 Å². The number of rotatable bonds is 4. The molecule has 0 amide bonds. The summed E-state index contributed by atoms with van der Waals surface area (Å²) in [5.41, 5.74) is 7.02. The van der Waals surface area contributed by atoms with Gasteiger partial charge in [0.15, 0.2) is 5.96 Å². The average Bonchev–Trinajstić information content (AvgIpc) is 3.17. The molecule has 1 saturated carbocycles. The fraction of sp³-hybridized carbons (Fsp3) is 0.308. The van der Waals surface area contributed by atoms with Gasteiger partial charge in [0.2, 0.25) is 0 Å². The van der Waals surface area contributed by atoms with Crippen LogP contribution in [0.5, 0.6) is 0 Å². The normalized spacial score (nSPS) is 15.5. The highest BCUT2D eigenvalue weighted by molar-refractivity contribution is 7.09. The summed E-state index contributed by atoms with van der Waals surface area (Å²) in [4.78, 5) is 13.0. The van der Waals surface area contributed by atoms with Crippen molar-refractivity contribution >= 4 is 23.1 Å². The number of thiazole rings is 1. The number of pyridine rings is 1. The number of nitrogens with zero attached hydrogens (tertiary/aromatic N) is 3. The van der Waals surface area contributed by atoms with Crippen LogP contribution in [0.1, 0.15) is 29.5 Å². The maximum Gasteiger partial charge on any atom is 0.194 e. The van der Waals surface area contributed by atoms with Crippen LogP contribution in [-0.2, 0) is 6.54 Å². The van der Waals surface area contributed by atoms with Crippen LogP contribution in [-0.4, -0.2) is 15.9 Å². The van der Waals surface area contributed by atoms with E-state index < -0.39 is 0 Å². The molecule has 6 heteroatoms. The zero-order valence-corrected chi connectivity index (χ0v) is 11.2. The fourth-order valence-electron chi connectivity index (χ4n) is 1.72. The van der Waals surface area contributed by atoms with E-state index in [1.807, 2.05) is 18.2 Å². The van der Waals surface area contributed by atoms with Gasteiger partial charge in [0.1, 0.15) is 10.8 Å². The predicted molar refractivity (Wildman–Crippen MR) is 77.3 cm³/mol. The summed E-state index contributed by atoms with van der Waals surface area (Å²) >= 11 is 1.65. The van der Waals surface area contributed by atoms with Crippen LogP contribution in [0.2, 0.25) is 0 Å². The SMILES string of the molecule is NC(=NCc1nc(C2CC2)cs1)Nc1ccccn1. The first-order chi connectivity index (χ1) is 9.31. The summed E-state index contributed by atoms with van der Waals surface area (Å²) in [6, 6.07) is 5.59. The van der Waals surface area contributed by atoms with Crippen molar-refractivity contribution in [2.45, 2.75) is 25.3 Å². The third kappa shape index (κ3) is 3.29. The van der Waals surface area contributed by atoms with E-state index in [1.165, 1.54) is 18.5 Å². The molecule has 1 aliphatic rings. The van der Waals surface area contributed by atoms with Gasteiger partial charge in [-0.25, -0.2) is 15.0 Å². The second-order valence-corrected chi connectivity index (χ2v) is 5.42. The largest absolute Gasteiger partial charge is 0.370 e. The summed E-state index contributed by atoms with van der Waals surface area (Å²) in [5.74, 6) is 1.75. The minimum atomic E-state index is 0.363. The highest BCUT2D eigenvalue weighted by atomic mass is 32.1. The molecule has 0 unspecified atom stereocenters. The van der Waals surface area contributed by atoms with Crippen LogP contribution >= 0.6 is 11.3 Å². The Morgan fingerprint density at radius 2 is 2.37 bits per heavy atom. The molecule has 0 aromatic carbocycles. The molecular formula is C13H15N5S. The average molecular weight is 273 g/mol. The van der Waals surface area contributed by atoms with Crippen LogP contribution in [0.25, 0.3) is 0 Å². The number of aromatic nitrogens is 2. The standard InChI is InChI=1S/C13H15N5S/c14-13(18-11-3-1-2-6-15-11)16-7-12-17-10(8-19-12)9-4-5-9/h1-3,6,8-9H,4-5,7H2,(H3,14,15,16,18). The molecule has 0 bridgehead atoms. The molecular weight excluding hydrogens is 258 g/mol. The lowest BCUT2D eigenvalue weighted by Crippen LogP contribution is -2.23. The second kappa shape index (κ2) is 5.36. The van der Waals surface area contributed by atoms with Crippen LogP contribution in [0.4, 0.5) is 5.82 Å². The van der Waals surface area contributed by atoms with Crippen molar-refractivity contribution in [3.8, 4) is 0 Å². The lowest BCUT2D eigenvalue weighted by Gasteiger charge is -2.03. The monoisotopic (exact) mass is 273 g/mol. The Kier molecular flexibility index (Phi) is 3.41. The molecule has 2 heterocycles. The molecule has 0 aliphatic heterocycles. The van der Waals surface area contributed by atoms with Gasteiger partial charge in [-0.2, -0.15) is 0 Å². The number of anilines is 1. The van der Waals surface area contributed by atoms with Gasteiger partial charge in [-0.05, 0) is 25.0 Å². The first kappa shape index (κ1) is 12.1. The van der Waals surface area contributed by atoms with E-state index in [4.69, 9.17) is 5.73 Å². The van der Waals surface area contributed by atoms with Crippen LogP contribution in [0.15, 0.2) is 34.8 Å². The van der Waals surface area contributed by atoms with Crippen molar-refractivity contribution in [3.63, 3.8) is 0 Å². The number of hydrogen-bond acceptors (Lipinski definition) is 4. The summed E-state index contributed by atoms with van der Waals surface area (Å²) in [5, 5.41) is 6.08. The summed E-state index contributed by atoms with van der Waals surface area (Å²) in [6.07, 6.45) is 4.25. The number of nitrogens with one attached hydrogen (secondary N) is 1. The molecule has 2 aromatic heterocycles. The van der Waals surface area contributed by atoms with Gasteiger partial charge in [-0.15, -0.1) is 11.3 Å². The number of aliphatic imine (C=N–C) groups is 1. The smallest absolute Gasteiger partial charge is 0.194 e. The summed E-state index contributed by atoms with van der Waals surface area (Å²) in [7, 11) is 0. The van der Waals surface area contributed by atoms with Gasteiger partial charge in [-0.3, -0.25) is 0 Å². The Bertz CT molecular complexity index is 574. The maximum atomic E-state index is 5.81. The van der Waals surface area contributed by atoms with E-state index in [0.717, 1.165) is 5.01 Å². The zero-order chi connectivity index (χ0) is 13.1. The van der Waals surface area contributed by atoms with E-state index in [-0.39, 0.29) is 0 Å². The summed E-state index contributed by atoms with van der Waals surface area (Å²) in [6.45, 7) is 0.517. The van der Waals surface area contributed by atoms with Crippen molar-refractivity contribution < 1.29 is 0 Å². The molecule has 2 aromatic rings. The molecule has 1 aliphatic carbocycles. The molecule has 0 radical (unpaired) electrons. The third-order valence-corrected chi connectivity index (χ3v) is 3.72. The number of nitrogens with two attached hydrogens (primary N) is 1. The van der Waals surface area contributed by atoms with Crippen molar-refractivity contribution in [2.75, 3.05) is 5.32 Å². The summed E-state index contributed by atoms with van der Waals surface area (Å²) < 4.78 is 0. The Labute approximate surface area is 115 Å². The van der Waals surface area contributed by atoms with Crippen molar-refractivity contribution in [2.24, 2.45) is 10.7 Å². The fourth-order valence-corrected chi connectivity index (χ4v) is 2.52. The van der Waals surface area contributed by atoms with Crippen molar-refractivity contribution in [1.82, 2.24) is 9.97 Å². The quantitative estimate of drug-likeness (QED) is 0.662. The highest BCUT2D eigenvalue weighted by Gasteiger charge is 2.25. The highest BCUT2D eigenvalue weighted by Crippen LogP contribution is 2.40.